The van der Waals surface area contributed by atoms with Gasteiger partial charge in [-0.15, -0.1) is 0 Å². The number of thiol groups is 1. The normalized spacial score (nSPS) is 17.7. The van der Waals surface area contributed by atoms with E-state index < -0.39 is 0 Å². The molecule has 122 valence electrons. The zero-order valence-corrected chi connectivity index (χ0v) is 14.2. The Hall–Kier alpha value is -2.33. The third-order valence-corrected chi connectivity index (χ3v) is 4.57. The SMILES string of the molecule is O=C(C(CS)Cc1ccccc1)N1C=CN=CC1c1ccccc1. The number of carbonyl (C=O) groups is 1. The maximum Gasteiger partial charge on any atom is 0.231 e. The predicted molar refractivity (Wildman–Crippen MR) is 101 cm³/mol. The molecule has 0 N–H and O–H groups in total. The highest BCUT2D eigenvalue weighted by molar-refractivity contribution is 7.80. The second kappa shape index (κ2) is 7.97. The number of rotatable bonds is 5. The lowest BCUT2D eigenvalue weighted by molar-refractivity contribution is -0.133. The smallest absolute Gasteiger partial charge is 0.231 e. The van der Waals surface area contributed by atoms with E-state index in [4.69, 9.17) is 0 Å². The van der Waals surface area contributed by atoms with E-state index in [1.807, 2.05) is 66.9 Å². The van der Waals surface area contributed by atoms with Gasteiger partial charge in [0.05, 0.1) is 12.0 Å². The van der Waals surface area contributed by atoms with Crippen molar-refractivity contribution < 1.29 is 4.79 Å². The van der Waals surface area contributed by atoms with Crippen molar-refractivity contribution in [3.8, 4) is 0 Å². The summed E-state index contributed by atoms with van der Waals surface area (Å²) in [6.45, 7) is 0. The molecule has 0 aliphatic carbocycles. The maximum absolute atomic E-state index is 13.1. The first-order valence-corrected chi connectivity index (χ1v) is 8.64. The van der Waals surface area contributed by atoms with Crippen molar-refractivity contribution in [2.75, 3.05) is 5.75 Å². The lowest BCUT2D eigenvalue weighted by atomic mass is 9.97. The molecule has 0 spiro atoms. The van der Waals surface area contributed by atoms with E-state index in [1.165, 1.54) is 0 Å². The van der Waals surface area contributed by atoms with Crippen molar-refractivity contribution in [1.29, 1.82) is 0 Å². The fourth-order valence-corrected chi connectivity index (χ4v) is 3.14. The van der Waals surface area contributed by atoms with E-state index in [9.17, 15) is 4.79 Å². The molecule has 0 bridgehead atoms. The fraction of sp³-hybridized carbons (Fsp3) is 0.200. The first-order chi connectivity index (χ1) is 11.8. The van der Waals surface area contributed by atoms with Gasteiger partial charge in [0.15, 0.2) is 0 Å². The Balaban J connectivity index is 1.80. The van der Waals surface area contributed by atoms with Gasteiger partial charge in [-0.3, -0.25) is 9.79 Å². The van der Waals surface area contributed by atoms with Crippen LogP contribution in [-0.2, 0) is 11.2 Å². The van der Waals surface area contributed by atoms with Crippen LogP contribution in [0.5, 0.6) is 0 Å². The fourth-order valence-electron chi connectivity index (χ4n) is 2.85. The highest BCUT2D eigenvalue weighted by atomic mass is 32.1. The van der Waals surface area contributed by atoms with Gasteiger partial charge in [-0.1, -0.05) is 60.7 Å². The zero-order valence-electron chi connectivity index (χ0n) is 13.3. The molecule has 3 rings (SSSR count). The average molecular weight is 336 g/mol. The summed E-state index contributed by atoms with van der Waals surface area (Å²) >= 11 is 4.42. The van der Waals surface area contributed by atoms with Crippen LogP contribution in [0, 0.1) is 5.92 Å². The van der Waals surface area contributed by atoms with Crippen LogP contribution >= 0.6 is 12.6 Å². The van der Waals surface area contributed by atoms with E-state index in [2.05, 4.69) is 17.6 Å². The number of nitrogens with zero attached hydrogens (tertiary/aromatic N) is 2. The number of hydrogen-bond donors (Lipinski definition) is 1. The first kappa shape index (κ1) is 16.5. The largest absolute Gasteiger partial charge is 0.305 e. The quantitative estimate of drug-likeness (QED) is 0.825. The van der Waals surface area contributed by atoms with E-state index in [-0.39, 0.29) is 17.9 Å². The third-order valence-electron chi connectivity index (χ3n) is 4.13. The molecule has 0 saturated carbocycles. The lowest BCUT2D eigenvalue weighted by Gasteiger charge is -2.31. The van der Waals surface area contributed by atoms with Crippen molar-refractivity contribution >= 4 is 24.8 Å². The Morgan fingerprint density at radius 1 is 1.08 bits per heavy atom. The van der Waals surface area contributed by atoms with Gasteiger partial charge in [0.25, 0.3) is 0 Å². The van der Waals surface area contributed by atoms with E-state index in [1.54, 1.807) is 17.3 Å². The second-order valence-electron chi connectivity index (χ2n) is 5.77. The Kier molecular flexibility index (Phi) is 5.49. The molecule has 0 aromatic heterocycles. The number of hydrogen-bond acceptors (Lipinski definition) is 3. The zero-order chi connectivity index (χ0) is 16.8. The number of carbonyl (C=O) groups excluding carboxylic acids is 1. The molecule has 2 aromatic rings. The van der Waals surface area contributed by atoms with Crippen LogP contribution in [0.15, 0.2) is 78.1 Å². The predicted octanol–water partition coefficient (Wildman–Crippen LogP) is 3.90. The molecule has 1 heterocycles. The molecular weight excluding hydrogens is 316 g/mol. The summed E-state index contributed by atoms with van der Waals surface area (Å²) in [7, 11) is 0. The summed E-state index contributed by atoms with van der Waals surface area (Å²) in [5.74, 6) is 0.416. The Labute approximate surface area is 148 Å². The van der Waals surface area contributed by atoms with Gasteiger partial charge >= 0.3 is 0 Å². The van der Waals surface area contributed by atoms with Crippen molar-refractivity contribution in [1.82, 2.24) is 4.90 Å². The molecule has 2 atom stereocenters. The van der Waals surface area contributed by atoms with Crippen LogP contribution < -0.4 is 0 Å². The molecule has 1 aliphatic heterocycles. The van der Waals surface area contributed by atoms with Crippen molar-refractivity contribution in [3.63, 3.8) is 0 Å². The Bertz CT molecular complexity index is 728. The van der Waals surface area contributed by atoms with Crippen LogP contribution in [0.4, 0.5) is 0 Å². The minimum absolute atomic E-state index is 0.0742. The number of aliphatic imine (C=N–C) groups is 1. The molecule has 24 heavy (non-hydrogen) atoms. The van der Waals surface area contributed by atoms with Crippen molar-refractivity contribution in [2.24, 2.45) is 10.9 Å². The molecule has 0 radical (unpaired) electrons. The maximum atomic E-state index is 13.1. The summed E-state index contributed by atoms with van der Waals surface area (Å²) in [6.07, 6.45) is 5.92. The Morgan fingerprint density at radius 2 is 1.75 bits per heavy atom. The van der Waals surface area contributed by atoms with Crippen molar-refractivity contribution in [2.45, 2.75) is 12.5 Å². The van der Waals surface area contributed by atoms with Gasteiger partial charge in [-0.05, 0) is 17.5 Å². The van der Waals surface area contributed by atoms with E-state index >= 15 is 0 Å². The first-order valence-electron chi connectivity index (χ1n) is 8.01. The molecule has 2 unspecified atom stereocenters. The molecular formula is C20H20N2OS. The van der Waals surface area contributed by atoms with E-state index in [0.717, 1.165) is 11.1 Å². The van der Waals surface area contributed by atoms with E-state index in [0.29, 0.717) is 12.2 Å². The lowest BCUT2D eigenvalue weighted by Crippen LogP contribution is -2.38. The van der Waals surface area contributed by atoms with Crippen LogP contribution in [-0.4, -0.2) is 22.8 Å². The summed E-state index contributed by atoms with van der Waals surface area (Å²) in [5.41, 5.74) is 2.20. The van der Waals surface area contributed by atoms with Crippen LogP contribution in [0.1, 0.15) is 17.2 Å². The number of benzene rings is 2. The monoisotopic (exact) mass is 336 g/mol. The topological polar surface area (TPSA) is 32.7 Å². The Morgan fingerprint density at radius 3 is 2.42 bits per heavy atom. The average Bonchev–Trinajstić information content (AvgIpc) is 2.67. The minimum Gasteiger partial charge on any atom is -0.305 e. The highest BCUT2D eigenvalue weighted by Crippen LogP contribution is 2.25. The van der Waals surface area contributed by atoms with Crippen LogP contribution in [0.3, 0.4) is 0 Å². The molecule has 1 aliphatic rings. The van der Waals surface area contributed by atoms with Gasteiger partial charge in [0.2, 0.25) is 5.91 Å². The molecule has 0 fully saturated rings. The summed E-state index contributed by atoms with van der Waals surface area (Å²) in [5, 5.41) is 0. The summed E-state index contributed by atoms with van der Waals surface area (Å²) < 4.78 is 0. The molecule has 4 heteroatoms. The summed E-state index contributed by atoms with van der Waals surface area (Å²) in [6, 6.07) is 19.9. The van der Waals surface area contributed by atoms with Gasteiger partial charge in [-0.25, -0.2) is 0 Å². The second-order valence-corrected chi connectivity index (χ2v) is 6.13. The summed E-state index contributed by atoms with van der Waals surface area (Å²) in [4.78, 5) is 19.1. The minimum atomic E-state index is -0.168. The van der Waals surface area contributed by atoms with Gasteiger partial charge in [-0.2, -0.15) is 12.6 Å². The van der Waals surface area contributed by atoms with Crippen LogP contribution in [0.25, 0.3) is 0 Å². The van der Waals surface area contributed by atoms with Gasteiger partial charge < -0.3 is 4.90 Å². The standard InChI is InChI=1S/C20H20N2OS/c23-20(18(15-24)13-16-7-3-1-4-8-16)22-12-11-21-14-19(22)17-9-5-2-6-10-17/h1-12,14,18-19,24H,13,15H2. The highest BCUT2D eigenvalue weighted by Gasteiger charge is 2.29. The molecule has 1 amide bonds. The van der Waals surface area contributed by atoms with Crippen LogP contribution in [0.2, 0.25) is 0 Å². The number of amides is 1. The van der Waals surface area contributed by atoms with Gasteiger partial charge in [0.1, 0.15) is 0 Å². The van der Waals surface area contributed by atoms with Gasteiger partial charge in [0, 0.05) is 24.4 Å². The van der Waals surface area contributed by atoms with Crippen molar-refractivity contribution in [3.05, 3.63) is 84.2 Å². The molecule has 0 saturated heterocycles. The molecule has 3 nitrogen and oxygen atoms in total. The molecule has 2 aromatic carbocycles. The third kappa shape index (κ3) is 3.77.